The smallest absolute Gasteiger partial charge is 0.242 e. The Kier molecular flexibility index (Phi) is 5.43. The molecule has 6 heteroatoms. The van der Waals surface area contributed by atoms with Gasteiger partial charge in [0.15, 0.2) is 0 Å². The molecule has 1 aromatic rings. The van der Waals surface area contributed by atoms with Crippen LogP contribution in [0.2, 0.25) is 0 Å². The Balaban J connectivity index is 2.07. The summed E-state index contributed by atoms with van der Waals surface area (Å²) in [6.45, 7) is 1.14. The third-order valence-electron chi connectivity index (χ3n) is 3.50. The molecule has 1 atom stereocenters. The van der Waals surface area contributed by atoms with Crippen LogP contribution in [0, 0.1) is 0 Å². The van der Waals surface area contributed by atoms with Gasteiger partial charge in [0, 0.05) is 26.1 Å². The lowest BCUT2D eigenvalue weighted by Gasteiger charge is -2.20. The van der Waals surface area contributed by atoms with Crippen LogP contribution in [0.3, 0.4) is 0 Å². The fourth-order valence-electron chi connectivity index (χ4n) is 2.29. The standard InChI is InChI=1S/C14H20ClNO3S/c1-16(11-13-3-2-10-19-13)20(17,18)14-6-4-12(5-7-14)8-9-15/h4-7,13H,2-3,8-11H2,1H3. The van der Waals surface area contributed by atoms with E-state index in [0.29, 0.717) is 17.3 Å². The van der Waals surface area contributed by atoms with Crippen LogP contribution in [0.5, 0.6) is 0 Å². The van der Waals surface area contributed by atoms with Crippen LogP contribution in [0.4, 0.5) is 0 Å². The topological polar surface area (TPSA) is 46.6 Å². The van der Waals surface area contributed by atoms with Crippen LogP contribution in [0.15, 0.2) is 29.2 Å². The first kappa shape index (κ1) is 15.8. The van der Waals surface area contributed by atoms with Gasteiger partial charge < -0.3 is 4.74 Å². The van der Waals surface area contributed by atoms with E-state index in [4.69, 9.17) is 16.3 Å². The Labute approximate surface area is 125 Å². The number of benzene rings is 1. The second-order valence-corrected chi connectivity index (χ2v) is 7.43. The number of hydrogen-bond donors (Lipinski definition) is 0. The summed E-state index contributed by atoms with van der Waals surface area (Å²) in [4.78, 5) is 0.316. The molecule has 1 aliphatic heterocycles. The lowest BCUT2D eigenvalue weighted by Crippen LogP contribution is -2.34. The monoisotopic (exact) mass is 317 g/mol. The van der Waals surface area contributed by atoms with Gasteiger partial charge >= 0.3 is 0 Å². The highest BCUT2D eigenvalue weighted by atomic mass is 35.5. The molecule has 1 aliphatic rings. The van der Waals surface area contributed by atoms with E-state index in [0.717, 1.165) is 31.4 Å². The molecule has 0 aromatic heterocycles. The minimum atomic E-state index is -3.44. The normalized spacial score (nSPS) is 19.6. The van der Waals surface area contributed by atoms with Gasteiger partial charge in [-0.3, -0.25) is 0 Å². The van der Waals surface area contributed by atoms with Crippen LogP contribution in [-0.4, -0.2) is 44.9 Å². The highest BCUT2D eigenvalue weighted by Crippen LogP contribution is 2.19. The molecule has 2 rings (SSSR count). The van der Waals surface area contributed by atoms with Crippen LogP contribution >= 0.6 is 11.6 Å². The second-order valence-electron chi connectivity index (χ2n) is 5.00. The van der Waals surface area contributed by atoms with Crippen molar-refractivity contribution in [1.29, 1.82) is 0 Å². The number of nitrogens with zero attached hydrogens (tertiary/aromatic N) is 1. The molecule has 1 unspecified atom stereocenters. The molecule has 1 fully saturated rings. The average Bonchev–Trinajstić information content (AvgIpc) is 2.92. The van der Waals surface area contributed by atoms with Crippen LogP contribution in [0.25, 0.3) is 0 Å². The number of alkyl halides is 1. The molecule has 112 valence electrons. The van der Waals surface area contributed by atoms with E-state index in [1.165, 1.54) is 4.31 Å². The molecule has 0 radical (unpaired) electrons. The van der Waals surface area contributed by atoms with E-state index < -0.39 is 10.0 Å². The van der Waals surface area contributed by atoms with E-state index in [1.54, 1.807) is 19.2 Å². The van der Waals surface area contributed by atoms with Gasteiger partial charge in [-0.25, -0.2) is 8.42 Å². The molecular weight excluding hydrogens is 298 g/mol. The maximum atomic E-state index is 12.4. The molecule has 0 aliphatic carbocycles. The molecule has 20 heavy (non-hydrogen) atoms. The van der Waals surface area contributed by atoms with Crippen molar-refractivity contribution in [3.05, 3.63) is 29.8 Å². The molecule has 1 saturated heterocycles. The van der Waals surface area contributed by atoms with Crippen molar-refractivity contribution < 1.29 is 13.2 Å². The number of aryl methyl sites for hydroxylation is 1. The lowest BCUT2D eigenvalue weighted by molar-refractivity contribution is 0.0979. The molecule has 4 nitrogen and oxygen atoms in total. The maximum absolute atomic E-state index is 12.4. The van der Waals surface area contributed by atoms with Gasteiger partial charge in [0.05, 0.1) is 11.0 Å². The first-order chi connectivity index (χ1) is 9.54. The summed E-state index contributed by atoms with van der Waals surface area (Å²) in [5.41, 5.74) is 1.04. The SMILES string of the molecule is CN(CC1CCCO1)S(=O)(=O)c1ccc(CCCl)cc1. The van der Waals surface area contributed by atoms with E-state index in [-0.39, 0.29) is 6.10 Å². The molecule has 0 amide bonds. The first-order valence-corrected chi connectivity index (χ1v) is 8.74. The predicted molar refractivity (Wildman–Crippen MR) is 79.7 cm³/mol. The zero-order valence-corrected chi connectivity index (χ0v) is 13.2. The fourth-order valence-corrected chi connectivity index (χ4v) is 3.71. The van der Waals surface area contributed by atoms with Gasteiger partial charge in [-0.2, -0.15) is 4.31 Å². The lowest BCUT2D eigenvalue weighted by atomic mass is 10.2. The minimum Gasteiger partial charge on any atom is -0.377 e. The van der Waals surface area contributed by atoms with E-state index in [1.807, 2.05) is 12.1 Å². The zero-order chi connectivity index (χ0) is 14.6. The number of rotatable bonds is 6. The van der Waals surface area contributed by atoms with Crippen molar-refractivity contribution >= 4 is 21.6 Å². The van der Waals surface area contributed by atoms with E-state index in [2.05, 4.69) is 0 Å². The van der Waals surface area contributed by atoms with Crippen molar-refractivity contribution in [2.24, 2.45) is 0 Å². The Morgan fingerprint density at radius 1 is 1.35 bits per heavy atom. The van der Waals surface area contributed by atoms with Gasteiger partial charge in [0.1, 0.15) is 0 Å². The van der Waals surface area contributed by atoms with Crippen LogP contribution < -0.4 is 0 Å². The summed E-state index contributed by atoms with van der Waals surface area (Å²) in [5.74, 6) is 0.533. The van der Waals surface area contributed by atoms with E-state index in [9.17, 15) is 8.42 Å². The summed E-state index contributed by atoms with van der Waals surface area (Å²) < 4.78 is 31.7. The molecular formula is C14H20ClNO3S. The van der Waals surface area contributed by atoms with Crippen LogP contribution in [-0.2, 0) is 21.2 Å². The van der Waals surface area contributed by atoms with Gasteiger partial charge in [0.2, 0.25) is 10.0 Å². The summed E-state index contributed by atoms with van der Waals surface area (Å²) in [6, 6.07) is 6.91. The number of sulfonamides is 1. The van der Waals surface area contributed by atoms with Crippen molar-refractivity contribution in [3.8, 4) is 0 Å². The first-order valence-electron chi connectivity index (χ1n) is 6.77. The molecule has 1 heterocycles. The summed E-state index contributed by atoms with van der Waals surface area (Å²) in [6.07, 6.45) is 2.69. The van der Waals surface area contributed by atoms with Gasteiger partial charge in [-0.1, -0.05) is 12.1 Å². The summed E-state index contributed by atoms with van der Waals surface area (Å²) in [7, 11) is -1.84. The average molecular weight is 318 g/mol. The second kappa shape index (κ2) is 6.89. The Morgan fingerprint density at radius 3 is 2.60 bits per heavy atom. The third-order valence-corrected chi connectivity index (χ3v) is 5.53. The van der Waals surface area contributed by atoms with Gasteiger partial charge in [-0.05, 0) is 37.0 Å². The highest BCUT2D eigenvalue weighted by molar-refractivity contribution is 7.89. The largest absolute Gasteiger partial charge is 0.377 e. The number of halogens is 1. The van der Waals surface area contributed by atoms with Crippen LogP contribution in [0.1, 0.15) is 18.4 Å². The summed E-state index contributed by atoms with van der Waals surface area (Å²) >= 11 is 5.67. The third kappa shape index (κ3) is 3.73. The van der Waals surface area contributed by atoms with E-state index >= 15 is 0 Å². The number of likely N-dealkylation sites (N-methyl/N-ethyl adjacent to an activating group) is 1. The molecule has 1 aromatic carbocycles. The minimum absolute atomic E-state index is 0.0188. The molecule has 0 N–H and O–H groups in total. The highest BCUT2D eigenvalue weighted by Gasteiger charge is 2.25. The van der Waals surface area contributed by atoms with Crippen molar-refractivity contribution in [2.75, 3.05) is 26.1 Å². The van der Waals surface area contributed by atoms with Crippen molar-refractivity contribution in [1.82, 2.24) is 4.31 Å². The Bertz CT molecular complexity index is 524. The summed E-state index contributed by atoms with van der Waals surface area (Å²) in [5, 5.41) is 0. The number of ether oxygens (including phenoxy) is 1. The fraction of sp³-hybridized carbons (Fsp3) is 0.571. The van der Waals surface area contributed by atoms with Gasteiger partial charge in [-0.15, -0.1) is 11.6 Å². The Hall–Kier alpha value is -0.620. The predicted octanol–water partition coefficient (Wildman–Crippen LogP) is 2.27. The van der Waals surface area contributed by atoms with Gasteiger partial charge in [0.25, 0.3) is 0 Å². The Morgan fingerprint density at radius 2 is 2.05 bits per heavy atom. The molecule has 0 saturated carbocycles. The maximum Gasteiger partial charge on any atom is 0.242 e. The molecule has 0 bridgehead atoms. The van der Waals surface area contributed by atoms with Crippen molar-refractivity contribution in [3.63, 3.8) is 0 Å². The number of hydrogen-bond acceptors (Lipinski definition) is 3. The zero-order valence-electron chi connectivity index (χ0n) is 11.6. The quantitative estimate of drug-likeness (QED) is 0.756. The molecule has 0 spiro atoms. The van der Waals surface area contributed by atoms with Crippen molar-refractivity contribution in [2.45, 2.75) is 30.3 Å².